The molecule has 114 valence electrons. The number of unbranched alkanes of at least 4 members (excludes halogenated alkanes) is 2. The van der Waals surface area contributed by atoms with Gasteiger partial charge < -0.3 is 0 Å². The summed E-state index contributed by atoms with van der Waals surface area (Å²) in [6.45, 7) is 6.99. The highest BCUT2D eigenvalue weighted by Gasteiger charge is 2.20. The van der Waals surface area contributed by atoms with E-state index in [1.54, 1.807) is 0 Å². The minimum atomic E-state index is 0.239. The summed E-state index contributed by atoms with van der Waals surface area (Å²) in [5, 5.41) is 3.77. The highest BCUT2D eigenvalue weighted by Crippen LogP contribution is 2.33. The molecule has 0 unspecified atom stereocenters. The minimum Gasteiger partial charge on any atom is -0.256 e. The van der Waals surface area contributed by atoms with Crippen molar-refractivity contribution in [2.75, 3.05) is 0 Å². The van der Waals surface area contributed by atoms with E-state index >= 15 is 0 Å². The molecule has 0 spiro atoms. The van der Waals surface area contributed by atoms with Gasteiger partial charge in [0, 0.05) is 17.0 Å². The summed E-state index contributed by atoms with van der Waals surface area (Å²) in [5.41, 5.74) is 2.78. The monoisotopic (exact) mass is 291 g/mol. The van der Waals surface area contributed by atoms with E-state index in [-0.39, 0.29) is 5.41 Å². The molecule has 0 aliphatic carbocycles. The number of aromatic nitrogens is 1. The predicted octanol–water partition coefficient (Wildman–Crippen LogP) is 6.25. The van der Waals surface area contributed by atoms with Crippen molar-refractivity contribution in [2.24, 2.45) is 0 Å². The Labute approximate surface area is 133 Å². The zero-order valence-corrected chi connectivity index (χ0v) is 13.9. The van der Waals surface area contributed by atoms with Crippen LogP contribution < -0.4 is 0 Å². The van der Waals surface area contributed by atoms with Crippen molar-refractivity contribution < 1.29 is 0 Å². The quantitative estimate of drug-likeness (QED) is 0.400. The zero-order valence-electron chi connectivity index (χ0n) is 13.9. The standard InChI is InChI=1S/C21H25N/c1-4-5-6-13-21(2,3)18-11-12-19-17(15-18)10-9-16-8-7-14-22-20(16)19/h7-12,14-15H,4-6,13H2,1-3H3. The second kappa shape index (κ2) is 6.08. The van der Waals surface area contributed by atoms with Crippen LogP contribution in [0.25, 0.3) is 21.7 Å². The van der Waals surface area contributed by atoms with Crippen molar-refractivity contribution in [1.82, 2.24) is 4.98 Å². The Bertz CT molecular complexity index is 786. The van der Waals surface area contributed by atoms with Crippen LogP contribution in [0.3, 0.4) is 0 Å². The van der Waals surface area contributed by atoms with Gasteiger partial charge in [0.05, 0.1) is 5.52 Å². The predicted molar refractivity (Wildman–Crippen MR) is 96.4 cm³/mol. The number of pyridine rings is 1. The van der Waals surface area contributed by atoms with Gasteiger partial charge in [-0.05, 0) is 28.9 Å². The lowest BCUT2D eigenvalue weighted by Crippen LogP contribution is -2.16. The molecule has 1 aromatic heterocycles. The molecule has 1 nitrogen and oxygen atoms in total. The molecule has 2 aromatic carbocycles. The Morgan fingerprint density at radius 2 is 1.77 bits per heavy atom. The van der Waals surface area contributed by atoms with Crippen molar-refractivity contribution in [1.29, 1.82) is 0 Å². The van der Waals surface area contributed by atoms with Gasteiger partial charge in [0.1, 0.15) is 0 Å². The van der Waals surface area contributed by atoms with Crippen LogP contribution in [0.4, 0.5) is 0 Å². The van der Waals surface area contributed by atoms with Gasteiger partial charge in [-0.1, -0.05) is 76.4 Å². The Kier molecular flexibility index (Phi) is 4.15. The number of hydrogen-bond donors (Lipinski definition) is 0. The van der Waals surface area contributed by atoms with Crippen molar-refractivity contribution in [3.8, 4) is 0 Å². The van der Waals surface area contributed by atoms with Gasteiger partial charge in [0.2, 0.25) is 0 Å². The van der Waals surface area contributed by atoms with Gasteiger partial charge in [-0.15, -0.1) is 0 Å². The molecule has 1 heteroatoms. The van der Waals surface area contributed by atoms with Gasteiger partial charge in [-0.3, -0.25) is 4.98 Å². The van der Waals surface area contributed by atoms with Crippen molar-refractivity contribution in [2.45, 2.75) is 51.9 Å². The first-order chi connectivity index (χ1) is 10.6. The lowest BCUT2D eigenvalue weighted by molar-refractivity contribution is 0.450. The van der Waals surface area contributed by atoms with Crippen LogP contribution in [-0.4, -0.2) is 4.98 Å². The normalized spacial score (nSPS) is 12.1. The van der Waals surface area contributed by atoms with E-state index in [2.05, 4.69) is 62.2 Å². The van der Waals surface area contributed by atoms with E-state index in [9.17, 15) is 0 Å². The van der Waals surface area contributed by atoms with Crippen LogP contribution in [-0.2, 0) is 5.41 Å². The molecule has 3 rings (SSSR count). The lowest BCUT2D eigenvalue weighted by atomic mass is 9.79. The summed E-state index contributed by atoms with van der Waals surface area (Å²) < 4.78 is 0. The fourth-order valence-electron chi connectivity index (χ4n) is 3.26. The third-order valence-corrected chi connectivity index (χ3v) is 4.77. The second-order valence-corrected chi connectivity index (χ2v) is 6.92. The molecule has 0 saturated heterocycles. The fourth-order valence-corrected chi connectivity index (χ4v) is 3.26. The van der Waals surface area contributed by atoms with Gasteiger partial charge in [0.15, 0.2) is 0 Å². The molecule has 0 N–H and O–H groups in total. The summed E-state index contributed by atoms with van der Waals surface area (Å²) in [4.78, 5) is 4.56. The average molecular weight is 291 g/mol. The summed E-state index contributed by atoms with van der Waals surface area (Å²) in [6, 6.07) is 15.4. The van der Waals surface area contributed by atoms with E-state index in [1.807, 2.05) is 12.3 Å². The van der Waals surface area contributed by atoms with Crippen LogP contribution in [0.1, 0.15) is 52.0 Å². The molecule has 0 saturated carbocycles. The summed E-state index contributed by atoms with van der Waals surface area (Å²) in [6.07, 6.45) is 7.04. The highest BCUT2D eigenvalue weighted by molar-refractivity contribution is 6.05. The summed E-state index contributed by atoms with van der Waals surface area (Å²) in [5.74, 6) is 0. The fraction of sp³-hybridized carbons (Fsp3) is 0.381. The maximum absolute atomic E-state index is 4.56. The molecule has 0 aliphatic rings. The van der Waals surface area contributed by atoms with Crippen molar-refractivity contribution >= 4 is 21.7 Å². The van der Waals surface area contributed by atoms with Crippen molar-refractivity contribution in [3.05, 3.63) is 54.2 Å². The summed E-state index contributed by atoms with van der Waals surface area (Å²) >= 11 is 0. The zero-order chi connectivity index (χ0) is 15.6. The van der Waals surface area contributed by atoms with Crippen molar-refractivity contribution in [3.63, 3.8) is 0 Å². The minimum absolute atomic E-state index is 0.239. The van der Waals surface area contributed by atoms with Crippen LogP contribution >= 0.6 is 0 Å². The molecule has 1 heterocycles. The molecule has 0 atom stereocenters. The third-order valence-electron chi connectivity index (χ3n) is 4.77. The van der Waals surface area contributed by atoms with Gasteiger partial charge in [0.25, 0.3) is 0 Å². The number of rotatable bonds is 5. The van der Waals surface area contributed by atoms with Crippen LogP contribution in [0, 0.1) is 0 Å². The molecule has 0 bridgehead atoms. The Balaban J connectivity index is 2.01. The average Bonchev–Trinajstić information content (AvgIpc) is 2.54. The number of hydrogen-bond acceptors (Lipinski definition) is 1. The molecule has 22 heavy (non-hydrogen) atoms. The second-order valence-electron chi connectivity index (χ2n) is 6.92. The molecule has 0 amide bonds. The molecule has 0 radical (unpaired) electrons. The van der Waals surface area contributed by atoms with E-state index in [1.165, 1.54) is 47.4 Å². The van der Waals surface area contributed by atoms with E-state index < -0.39 is 0 Å². The molecule has 0 fully saturated rings. The molecule has 3 aromatic rings. The topological polar surface area (TPSA) is 12.9 Å². The molecule has 0 aliphatic heterocycles. The largest absolute Gasteiger partial charge is 0.256 e. The lowest BCUT2D eigenvalue weighted by Gasteiger charge is -2.26. The molecular weight excluding hydrogens is 266 g/mol. The highest BCUT2D eigenvalue weighted by atomic mass is 14.6. The summed E-state index contributed by atoms with van der Waals surface area (Å²) in [7, 11) is 0. The van der Waals surface area contributed by atoms with E-state index in [0.29, 0.717) is 0 Å². The number of benzene rings is 2. The first-order valence-corrected chi connectivity index (χ1v) is 8.40. The Morgan fingerprint density at radius 3 is 2.59 bits per heavy atom. The van der Waals surface area contributed by atoms with Crippen LogP contribution in [0.15, 0.2) is 48.7 Å². The number of fused-ring (bicyclic) bond motifs is 3. The SMILES string of the molecule is CCCCCC(C)(C)c1ccc2c(ccc3cccnc32)c1. The Hall–Kier alpha value is -1.89. The Morgan fingerprint density at radius 1 is 0.955 bits per heavy atom. The van der Waals surface area contributed by atoms with Gasteiger partial charge in [-0.2, -0.15) is 0 Å². The smallest absolute Gasteiger partial charge is 0.0780 e. The maximum Gasteiger partial charge on any atom is 0.0780 e. The van der Waals surface area contributed by atoms with E-state index in [4.69, 9.17) is 0 Å². The van der Waals surface area contributed by atoms with Gasteiger partial charge in [-0.25, -0.2) is 0 Å². The van der Waals surface area contributed by atoms with Crippen LogP contribution in [0.2, 0.25) is 0 Å². The van der Waals surface area contributed by atoms with E-state index in [0.717, 1.165) is 5.52 Å². The maximum atomic E-state index is 4.56. The first kappa shape index (κ1) is 15.0. The molecular formula is C21H25N. The third kappa shape index (κ3) is 2.85. The number of nitrogens with zero attached hydrogens (tertiary/aromatic N) is 1. The van der Waals surface area contributed by atoms with Crippen LogP contribution in [0.5, 0.6) is 0 Å². The first-order valence-electron chi connectivity index (χ1n) is 8.40. The van der Waals surface area contributed by atoms with Gasteiger partial charge >= 0.3 is 0 Å².